The van der Waals surface area contributed by atoms with Gasteiger partial charge in [0, 0.05) is 6.04 Å². The summed E-state index contributed by atoms with van der Waals surface area (Å²) >= 11 is 5.88. The van der Waals surface area contributed by atoms with Gasteiger partial charge in [-0.1, -0.05) is 17.7 Å². The topological polar surface area (TPSA) is 55.4 Å². The monoisotopic (exact) mass is 267 g/mol. The van der Waals surface area contributed by atoms with E-state index in [0.717, 1.165) is 12.8 Å². The molecular formula is C13H14ClNO3. The number of benzene rings is 1. The van der Waals surface area contributed by atoms with Crippen molar-refractivity contribution in [3.05, 3.63) is 28.8 Å². The van der Waals surface area contributed by atoms with E-state index in [1.165, 1.54) is 0 Å². The van der Waals surface area contributed by atoms with Crippen LogP contribution >= 0.6 is 11.6 Å². The lowest BCUT2D eigenvalue weighted by Crippen LogP contribution is -2.37. The first-order valence-corrected chi connectivity index (χ1v) is 6.20. The minimum atomic E-state index is -0.650. The van der Waals surface area contributed by atoms with E-state index in [9.17, 15) is 9.59 Å². The molecule has 0 aliphatic heterocycles. The quantitative estimate of drug-likeness (QED) is 0.832. The number of rotatable bonds is 5. The van der Waals surface area contributed by atoms with Crippen LogP contribution in [0.2, 0.25) is 5.02 Å². The van der Waals surface area contributed by atoms with E-state index in [4.69, 9.17) is 16.3 Å². The van der Waals surface area contributed by atoms with E-state index in [1.807, 2.05) is 0 Å². The summed E-state index contributed by atoms with van der Waals surface area (Å²) in [6.45, 7) is 1.65. The van der Waals surface area contributed by atoms with Gasteiger partial charge in [-0.05, 0) is 31.9 Å². The average molecular weight is 268 g/mol. The van der Waals surface area contributed by atoms with Gasteiger partial charge in [-0.2, -0.15) is 0 Å². The summed E-state index contributed by atoms with van der Waals surface area (Å²) < 4.78 is 5.48. The summed E-state index contributed by atoms with van der Waals surface area (Å²) in [6, 6.07) is 5.19. The Morgan fingerprint density at radius 1 is 1.56 bits per heavy atom. The summed E-state index contributed by atoms with van der Waals surface area (Å²) in [5.74, 6) is 0.158. The van der Waals surface area contributed by atoms with E-state index in [-0.39, 0.29) is 17.5 Å². The van der Waals surface area contributed by atoms with Crippen molar-refractivity contribution >= 4 is 23.8 Å². The molecule has 1 aliphatic rings. The molecule has 0 spiro atoms. The highest BCUT2D eigenvalue weighted by Crippen LogP contribution is 2.25. The standard InChI is InChI=1S/C13H14ClNO3/c1-8(13(17)15-9-5-6-9)18-12-4-2-3-11(14)10(12)7-16/h2-4,7-9H,5-6H2,1H3,(H,15,17). The molecule has 1 N–H and O–H groups in total. The van der Waals surface area contributed by atoms with Gasteiger partial charge in [0.15, 0.2) is 12.4 Å². The zero-order valence-electron chi connectivity index (χ0n) is 9.98. The molecule has 0 saturated heterocycles. The molecule has 1 aromatic carbocycles. The zero-order chi connectivity index (χ0) is 13.1. The Kier molecular flexibility index (Phi) is 3.87. The lowest BCUT2D eigenvalue weighted by Gasteiger charge is -2.16. The number of halogens is 1. The molecule has 96 valence electrons. The first-order valence-electron chi connectivity index (χ1n) is 5.82. The number of ether oxygens (including phenoxy) is 1. The summed E-state index contributed by atoms with van der Waals surface area (Å²) in [5, 5.41) is 3.16. The number of amides is 1. The Morgan fingerprint density at radius 3 is 2.89 bits per heavy atom. The fourth-order valence-electron chi connectivity index (χ4n) is 1.52. The van der Waals surface area contributed by atoms with Gasteiger partial charge in [0.2, 0.25) is 0 Å². The molecule has 1 aliphatic carbocycles. The average Bonchev–Trinajstić information content (AvgIpc) is 3.13. The van der Waals surface area contributed by atoms with Crippen molar-refractivity contribution in [1.82, 2.24) is 5.32 Å². The van der Waals surface area contributed by atoms with Crippen LogP contribution in [-0.4, -0.2) is 24.3 Å². The third-order valence-corrected chi connectivity index (χ3v) is 3.06. The number of hydrogen-bond acceptors (Lipinski definition) is 3. The van der Waals surface area contributed by atoms with Crippen LogP contribution in [0.25, 0.3) is 0 Å². The van der Waals surface area contributed by atoms with Gasteiger partial charge in [-0.25, -0.2) is 0 Å². The molecule has 2 rings (SSSR count). The summed E-state index contributed by atoms with van der Waals surface area (Å²) in [6.07, 6.45) is 2.02. The van der Waals surface area contributed by atoms with Crippen molar-refractivity contribution in [2.75, 3.05) is 0 Å². The molecule has 1 atom stereocenters. The molecular weight excluding hydrogens is 254 g/mol. The van der Waals surface area contributed by atoms with Gasteiger partial charge < -0.3 is 10.1 Å². The van der Waals surface area contributed by atoms with E-state index in [1.54, 1.807) is 25.1 Å². The smallest absolute Gasteiger partial charge is 0.260 e. The molecule has 1 amide bonds. The minimum absolute atomic E-state index is 0.172. The van der Waals surface area contributed by atoms with Gasteiger partial charge in [0.25, 0.3) is 5.91 Å². The first-order chi connectivity index (χ1) is 8.61. The summed E-state index contributed by atoms with van der Waals surface area (Å²) in [5.41, 5.74) is 0.269. The molecule has 0 heterocycles. The van der Waals surface area contributed by atoms with Crippen LogP contribution < -0.4 is 10.1 Å². The normalized spacial score (nSPS) is 15.9. The highest BCUT2D eigenvalue weighted by Gasteiger charge is 2.26. The van der Waals surface area contributed by atoms with Crippen LogP contribution in [0, 0.1) is 0 Å². The predicted octanol–water partition coefficient (Wildman–Crippen LogP) is 2.20. The Labute approximate surface area is 110 Å². The maximum atomic E-state index is 11.7. The summed E-state index contributed by atoms with van der Waals surface area (Å²) in [7, 11) is 0. The van der Waals surface area contributed by atoms with Crippen molar-refractivity contribution in [2.45, 2.75) is 31.9 Å². The lowest BCUT2D eigenvalue weighted by atomic mass is 10.2. The van der Waals surface area contributed by atoms with Crippen LogP contribution in [0.5, 0.6) is 5.75 Å². The zero-order valence-corrected chi connectivity index (χ0v) is 10.7. The van der Waals surface area contributed by atoms with Crippen LogP contribution in [0.15, 0.2) is 18.2 Å². The molecule has 0 radical (unpaired) electrons. The molecule has 1 saturated carbocycles. The minimum Gasteiger partial charge on any atom is -0.480 e. The number of carbonyl (C=O) groups is 2. The second-order valence-electron chi connectivity index (χ2n) is 4.31. The SMILES string of the molecule is CC(Oc1cccc(Cl)c1C=O)C(=O)NC1CC1. The summed E-state index contributed by atoms with van der Waals surface area (Å²) in [4.78, 5) is 22.6. The Balaban J connectivity index is 2.05. The Bertz CT molecular complexity index is 471. The second kappa shape index (κ2) is 5.40. The van der Waals surface area contributed by atoms with Gasteiger partial charge >= 0.3 is 0 Å². The number of nitrogens with one attached hydrogen (secondary N) is 1. The third-order valence-electron chi connectivity index (χ3n) is 2.73. The molecule has 1 fully saturated rings. The molecule has 4 nitrogen and oxygen atoms in total. The highest BCUT2D eigenvalue weighted by molar-refractivity contribution is 6.33. The van der Waals surface area contributed by atoms with Crippen LogP contribution in [-0.2, 0) is 4.79 Å². The molecule has 0 aromatic heterocycles. The van der Waals surface area contributed by atoms with E-state index in [0.29, 0.717) is 17.1 Å². The molecule has 0 bridgehead atoms. The molecule has 1 unspecified atom stereocenters. The van der Waals surface area contributed by atoms with Crippen LogP contribution in [0.1, 0.15) is 30.1 Å². The van der Waals surface area contributed by atoms with Gasteiger partial charge in [-0.3, -0.25) is 9.59 Å². The fourth-order valence-corrected chi connectivity index (χ4v) is 1.73. The molecule has 1 aromatic rings. The number of aldehydes is 1. The van der Waals surface area contributed by atoms with Gasteiger partial charge in [0.05, 0.1) is 10.6 Å². The predicted molar refractivity (Wildman–Crippen MR) is 68.1 cm³/mol. The fraction of sp³-hybridized carbons (Fsp3) is 0.385. The van der Waals surface area contributed by atoms with Gasteiger partial charge in [-0.15, -0.1) is 0 Å². The van der Waals surface area contributed by atoms with Crippen molar-refractivity contribution in [1.29, 1.82) is 0 Å². The maximum absolute atomic E-state index is 11.7. The van der Waals surface area contributed by atoms with Gasteiger partial charge in [0.1, 0.15) is 5.75 Å². The number of carbonyl (C=O) groups excluding carboxylic acids is 2. The first kappa shape index (κ1) is 12.9. The Morgan fingerprint density at radius 2 is 2.28 bits per heavy atom. The second-order valence-corrected chi connectivity index (χ2v) is 4.72. The molecule has 5 heteroatoms. The number of hydrogen-bond donors (Lipinski definition) is 1. The van der Waals surface area contributed by atoms with Crippen molar-refractivity contribution in [3.8, 4) is 5.75 Å². The van der Waals surface area contributed by atoms with Crippen LogP contribution in [0.3, 0.4) is 0 Å². The van der Waals surface area contributed by atoms with Crippen LogP contribution in [0.4, 0.5) is 0 Å². The third kappa shape index (κ3) is 3.01. The van der Waals surface area contributed by atoms with Crippen molar-refractivity contribution in [2.24, 2.45) is 0 Å². The molecule has 18 heavy (non-hydrogen) atoms. The van der Waals surface area contributed by atoms with Crippen molar-refractivity contribution < 1.29 is 14.3 Å². The van der Waals surface area contributed by atoms with E-state index >= 15 is 0 Å². The van der Waals surface area contributed by atoms with E-state index < -0.39 is 6.10 Å². The highest BCUT2D eigenvalue weighted by atomic mass is 35.5. The van der Waals surface area contributed by atoms with E-state index in [2.05, 4.69) is 5.32 Å². The maximum Gasteiger partial charge on any atom is 0.260 e. The Hall–Kier alpha value is -1.55. The van der Waals surface area contributed by atoms with Crippen molar-refractivity contribution in [3.63, 3.8) is 0 Å². The lowest BCUT2D eigenvalue weighted by molar-refractivity contribution is -0.127. The largest absolute Gasteiger partial charge is 0.480 e.